The van der Waals surface area contributed by atoms with E-state index >= 15 is 0 Å². The first-order valence-corrected chi connectivity index (χ1v) is 8.20. The standard InChI is InChI=1S/C19H22N2O2.ClH/c1-14-13-18(21(22)23)11-12-19(14)20-17-9-7-16(8-10-17)15-5-3-2-4-6-15;/h2-6,11-13,16-17,20H,7-10H2,1H3;1H. The maximum Gasteiger partial charge on any atom is 0.269 e. The predicted octanol–water partition coefficient (Wildman–Crippen LogP) is 5.46. The zero-order valence-corrected chi connectivity index (χ0v) is 14.6. The van der Waals surface area contributed by atoms with Crippen LogP contribution in [0.15, 0.2) is 48.5 Å². The number of hydrogen-bond donors (Lipinski definition) is 1. The minimum Gasteiger partial charge on any atom is -0.382 e. The van der Waals surface area contributed by atoms with Crippen molar-refractivity contribution in [1.82, 2.24) is 0 Å². The highest BCUT2D eigenvalue weighted by molar-refractivity contribution is 5.85. The number of rotatable bonds is 4. The lowest BCUT2D eigenvalue weighted by atomic mass is 9.81. The van der Waals surface area contributed by atoms with Crippen LogP contribution in [0.4, 0.5) is 11.4 Å². The molecule has 2 aromatic rings. The summed E-state index contributed by atoms with van der Waals surface area (Å²) in [5.41, 5.74) is 3.54. The predicted molar refractivity (Wildman–Crippen MR) is 100 cm³/mol. The molecule has 0 unspecified atom stereocenters. The molecular formula is C19H23ClN2O2. The average molecular weight is 347 g/mol. The maximum atomic E-state index is 10.8. The number of benzene rings is 2. The number of hydrogen-bond acceptors (Lipinski definition) is 3. The molecule has 4 nitrogen and oxygen atoms in total. The van der Waals surface area contributed by atoms with Gasteiger partial charge in [0.25, 0.3) is 5.69 Å². The lowest BCUT2D eigenvalue weighted by molar-refractivity contribution is -0.384. The largest absolute Gasteiger partial charge is 0.382 e. The van der Waals surface area contributed by atoms with Crippen molar-refractivity contribution in [2.45, 2.75) is 44.6 Å². The Labute approximate surface area is 148 Å². The molecule has 3 rings (SSSR count). The third-order valence-electron chi connectivity index (χ3n) is 4.78. The van der Waals surface area contributed by atoms with E-state index in [1.165, 1.54) is 18.4 Å². The highest BCUT2D eigenvalue weighted by atomic mass is 35.5. The minimum atomic E-state index is -0.345. The topological polar surface area (TPSA) is 55.2 Å². The summed E-state index contributed by atoms with van der Waals surface area (Å²) in [4.78, 5) is 10.5. The van der Waals surface area contributed by atoms with Gasteiger partial charge < -0.3 is 5.32 Å². The Bertz CT molecular complexity index is 683. The summed E-state index contributed by atoms with van der Waals surface area (Å²) in [6.45, 7) is 1.92. The van der Waals surface area contributed by atoms with Gasteiger partial charge in [0.2, 0.25) is 0 Å². The fourth-order valence-corrected chi connectivity index (χ4v) is 3.44. The molecule has 0 aliphatic heterocycles. The van der Waals surface area contributed by atoms with Gasteiger partial charge in [-0.25, -0.2) is 0 Å². The molecule has 0 aromatic heterocycles. The molecule has 0 amide bonds. The van der Waals surface area contributed by atoms with Crippen molar-refractivity contribution < 1.29 is 4.92 Å². The molecule has 0 heterocycles. The number of nitrogens with zero attached hydrogens (tertiary/aromatic N) is 1. The zero-order valence-electron chi connectivity index (χ0n) is 13.8. The molecule has 0 spiro atoms. The maximum absolute atomic E-state index is 10.8. The molecule has 128 valence electrons. The molecule has 1 fully saturated rings. The Morgan fingerprint density at radius 3 is 2.29 bits per heavy atom. The van der Waals surface area contributed by atoms with Crippen LogP contribution >= 0.6 is 12.4 Å². The third-order valence-corrected chi connectivity index (χ3v) is 4.78. The molecule has 0 bridgehead atoms. The first kappa shape index (κ1) is 18.3. The SMILES string of the molecule is Cc1cc([N+](=O)[O-])ccc1NC1CCC(c2ccccc2)CC1.Cl. The fraction of sp³-hybridized carbons (Fsp3) is 0.368. The van der Waals surface area contributed by atoms with E-state index in [0.29, 0.717) is 12.0 Å². The molecule has 1 saturated carbocycles. The molecule has 1 aliphatic rings. The molecule has 2 aromatic carbocycles. The van der Waals surface area contributed by atoms with Crippen molar-refractivity contribution in [2.24, 2.45) is 0 Å². The van der Waals surface area contributed by atoms with Gasteiger partial charge in [-0.3, -0.25) is 10.1 Å². The first-order valence-electron chi connectivity index (χ1n) is 8.20. The third kappa shape index (κ3) is 4.26. The number of nitrogens with one attached hydrogen (secondary N) is 1. The van der Waals surface area contributed by atoms with Crippen molar-refractivity contribution in [3.8, 4) is 0 Å². The van der Waals surface area contributed by atoms with E-state index in [1.807, 2.05) is 13.0 Å². The summed E-state index contributed by atoms with van der Waals surface area (Å²) in [5.74, 6) is 0.659. The Morgan fingerprint density at radius 2 is 1.71 bits per heavy atom. The van der Waals surface area contributed by atoms with Gasteiger partial charge in [0, 0.05) is 23.9 Å². The van der Waals surface area contributed by atoms with E-state index in [0.717, 1.165) is 24.1 Å². The van der Waals surface area contributed by atoms with Crippen LogP contribution in [0.3, 0.4) is 0 Å². The fourth-order valence-electron chi connectivity index (χ4n) is 3.44. The van der Waals surface area contributed by atoms with Crippen molar-refractivity contribution in [3.63, 3.8) is 0 Å². The number of aryl methyl sites for hydroxylation is 1. The van der Waals surface area contributed by atoms with E-state index < -0.39 is 0 Å². The summed E-state index contributed by atoms with van der Waals surface area (Å²) in [6.07, 6.45) is 4.65. The van der Waals surface area contributed by atoms with Gasteiger partial charge in [0.1, 0.15) is 0 Å². The van der Waals surface area contributed by atoms with Crippen LogP contribution in [0.1, 0.15) is 42.7 Å². The van der Waals surface area contributed by atoms with Crippen LogP contribution in [-0.2, 0) is 0 Å². The second kappa shape index (κ2) is 8.15. The van der Waals surface area contributed by atoms with E-state index in [9.17, 15) is 10.1 Å². The van der Waals surface area contributed by atoms with Gasteiger partial charge in [0.05, 0.1) is 4.92 Å². The van der Waals surface area contributed by atoms with Crippen molar-refractivity contribution in [3.05, 3.63) is 69.8 Å². The summed E-state index contributed by atoms with van der Waals surface area (Å²) in [5, 5.41) is 14.4. The van der Waals surface area contributed by atoms with Gasteiger partial charge in [-0.1, -0.05) is 30.3 Å². The highest BCUT2D eigenvalue weighted by Crippen LogP contribution is 2.34. The second-order valence-corrected chi connectivity index (χ2v) is 6.36. The van der Waals surface area contributed by atoms with Crippen LogP contribution in [-0.4, -0.2) is 11.0 Å². The normalized spacial score (nSPS) is 20.0. The Morgan fingerprint density at radius 1 is 1.04 bits per heavy atom. The Balaban J connectivity index is 0.00000208. The molecule has 1 aliphatic carbocycles. The van der Waals surface area contributed by atoms with Crippen LogP contribution < -0.4 is 5.32 Å². The molecule has 24 heavy (non-hydrogen) atoms. The molecule has 1 N–H and O–H groups in total. The molecular weight excluding hydrogens is 324 g/mol. The van der Waals surface area contributed by atoms with Gasteiger partial charge in [0.15, 0.2) is 0 Å². The summed E-state index contributed by atoms with van der Waals surface area (Å²) in [7, 11) is 0. The number of halogens is 1. The zero-order chi connectivity index (χ0) is 16.2. The van der Waals surface area contributed by atoms with E-state index in [1.54, 1.807) is 12.1 Å². The highest BCUT2D eigenvalue weighted by Gasteiger charge is 2.22. The van der Waals surface area contributed by atoms with Crippen molar-refractivity contribution in [1.29, 1.82) is 0 Å². The Kier molecular flexibility index (Phi) is 6.21. The number of non-ortho nitro benzene ring substituents is 1. The number of anilines is 1. The van der Waals surface area contributed by atoms with Crippen LogP contribution in [0, 0.1) is 17.0 Å². The summed E-state index contributed by atoms with van der Waals surface area (Å²) in [6, 6.07) is 16.2. The van der Waals surface area contributed by atoms with Gasteiger partial charge in [-0.15, -0.1) is 12.4 Å². The average Bonchev–Trinajstić information content (AvgIpc) is 2.58. The van der Waals surface area contributed by atoms with E-state index in [-0.39, 0.29) is 23.0 Å². The Hall–Kier alpha value is -2.07. The number of nitro benzene ring substituents is 1. The molecule has 0 radical (unpaired) electrons. The van der Waals surface area contributed by atoms with Crippen molar-refractivity contribution in [2.75, 3.05) is 5.32 Å². The lowest BCUT2D eigenvalue weighted by Gasteiger charge is -2.30. The van der Waals surface area contributed by atoms with Crippen LogP contribution in [0.5, 0.6) is 0 Å². The molecule has 5 heteroatoms. The number of nitro groups is 1. The van der Waals surface area contributed by atoms with Crippen LogP contribution in [0.2, 0.25) is 0 Å². The van der Waals surface area contributed by atoms with E-state index in [2.05, 4.69) is 35.6 Å². The second-order valence-electron chi connectivity index (χ2n) is 6.36. The lowest BCUT2D eigenvalue weighted by Crippen LogP contribution is -2.25. The molecule has 0 saturated heterocycles. The minimum absolute atomic E-state index is 0. The smallest absolute Gasteiger partial charge is 0.269 e. The quantitative estimate of drug-likeness (QED) is 0.590. The van der Waals surface area contributed by atoms with Gasteiger partial charge in [-0.05, 0) is 55.7 Å². The van der Waals surface area contributed by atoms with E-state index in [4.69, 9.17) is 0 Å². The van der Waals surface area contributed by atoms with Gasteiger partial charge in [-0.2, -0.15) is 0 Å². The summed E-state index contributed by atoms with van der Waals surface area (Å²) < 4.78 is 0. The summed E-state index contributed by atoms with van der Waals surface area (Å²) >= 11 is 0. The van der Waals surface area contributed by atoms with Crippen LogP contribution in [0.25, 0.3) is 0 Å². The van der Waals surface area contributed by atoms with Gasteiger partial charge >= 0.3 is 0 Å². The first-order chi connectivity index (χ1) is 11.1. The molecule has 0 atom stereocenters. The monoisotopic (exact) mass is 346 g/mol. The van der Waals surface area contributed by atoms with Crippen molar-refractivity contribution >= 4 is 23.8 Å².